The van der Waals surface area contributed by atoms with Gasteiger partial charge in [0.2, 0.25) is 0 Å². The summed E-state index contributed by atoms with van der Waals surface area (Å²) in [7, 11) is 2.25. The maximum Gasteiger partial charge on any atom is 0.112 e. The Balaban J connectivity index is 2.19. The predicted octanol–water partition coefficient (Wildman–Crippen LogP) is 6.07. The van der Waals surface area contributed by atoms with E-state index in [2.05, 4.69) is 82.1 Å². The van der Waals surface area contributed by atoms with Gasteiger partial charge in [-0.05, 0) is 49.3 Å². The first-order valence-corrected chi connectivity index (χ1v) is 10.3. The molecular formula is C23H36N2. The van der Waals surface area contributed by atoms with Gasteiger partial charge in [-0.15, -0.1) is 0 Å². The molecule has 0 bridgehead atoms. The zero-order valence-corrected chi connectivity index (χ0v) is 17.1. The van der Waals surface area contributed by atoms with Gasteiger partial charge in [0.1, 0.15) is 6.17 Å². The van der Waals surface area contributed by atoms with Crippen molar-refractivity contribution in [2.75, 3.05) is 11.9 Å². The number of benzene rings is 1. The second kappa shape index (κ2) is 6.70. The van der Waals surface area contributed by atoms with Crippen molar-refractivity contribution in [3.8, 4) is 0 Å². The second-order valence-corrected chi connectivity index (χ2v) is 8.25. The Labute approximate surface area is 154 Å². The highest BCUT2D eigenvalue weighted by atomic mass is 15.4. The van der Waals surface area contributed by atoms with Crippen molar-refractivity contribution in [3.63, 3.8) is 0 Å². The lowest BCUT2D eigenvalue weighted by atomic mass is 9.53. The maximum absolute atomic E-state index is 2.56. The number of fused-ring (bicyclic) bond motifs is 3. The molecule has 0 saturated heterocycles. The van der Waals surface area contributed by atoms with Gasteiger partial charge in [0.15, 0.2) is 0 Å². The quantitative estimate of drug-likeness (QED) is 0.620. The molecule has 0 N–H and O–H groups in total. The summed E-state index contributed by atoms with van der Waals surface area (Å²) in [5.41, 5.74) is 4.95. The molecule has 138 valence electrons. The fourth-order valence-electron chi connectivity index (χ4n) is 5.69. The predicted molar refractivity (Wildman–Crippen MR) is 109 cm³/mol. The van der Waals surface area contributed by atoms with E-state index in [0.29, 0.717) is 6.17 Å². The lowest BCUT2D eigenvalue weighted by molar-refractivity contribution is 0.0170. The fourth-order valence-corrected chi connectivity index (χ4v) is 5.69. The monoisotopic (exact) mass is 340 g/mol. The van der Waals surface area contributed by atoms with Gasteiger partial charge in [-0.1, -0.05) is 53.2 Å². The van der Waals surface area contributed by atoms with Gasteiger partial charge in [0.05, 0.1) is 0 Å². The van der Waals surface area contributed by atoms with Crippen LogP contribution in [0.15, 0.2) is 30.6 Å². The van der Waals surface area contributed by atoms with Crippen molar-refractivity contribution in [1.29, 1.82) is 0 Å². The van der Waals surface area contributed by atoms with Crippen molar-refractivity contribution in [1.82, 2.24) is 4.90 Å². The Hall–Kier alpha value is -1.44. The average Bonchev–Trinajstić information content (AvgIpc) is 3.03. The molecule has 0 amide bonds. The molecular weight excluding hydrogens is 304 g/mol. The molecule has 0 spiro atoms. The zero-order chi connectivity index (χ0) is 18.2. The number of rotatable bonds is 6. The van der Waals surface area contributed by atoms with E-state index < -0.39 is 0 Å². The molecule has 1 aromatic carbocycles. The van der Waals surface area contributed by atoms with Gasteiger partial charge in [-0.25, -0.2) is 0 Å². The summed E-state index contributed by atoms with van der Waals surface area (Å²) in [5, 5.41) is 0. The van der Waals surface area contributed by atoms with Crippen LogP contribution >= 0.6 is 0 Å². The molecule has 2 heterocycles. The van der Waals surface area contributed by atoms with E-state index in [9.17, 15) is 0 Å². The van der Waals surface area contributed by atoms with Crippen LogP contribution in [0.1, 0.15) is 77.8 Å². The minimum atomic E-state index is 0.205. The summed E-state index contributed by atoms with van der Waals surface area (Å²) in [6.07, 6.45) is 12.3. The minimum absolute atomic E-state index is 0.205. The van der Waals surface area contributed by atoms with E-state index in [1.807, 2.05) is 0 Å². The van der Waals surface area contributed by atoms with Crippen LogP contribution in [-0.2, 0) is 11.8 Å². The van der Waals surface area contributed by atoms with E-state index in [1.54, 1.807) is 5.56 Å². The van der Waals surface area contributed by atoms with E-state index in [0.717, 1.165) is 0 Å². The number of anilines is 1. The van der Waals surface area contributed by atoms with Crippen molar-refractivity contribution in [2.24, 2.45) is 5.41 Å². The van der Waals surface area contributed by atoms with Crippen LogP contribution in [0.5, 0.6) is 0 Å². The summed E-state index contributed by atoms with van der Waals surface area (Å²) in [5.74, 6) is 0. The van der Waals surface area contributed by atoms with Crippen LogP contribution in [-0.4, -0.2) is 18.1 Å². The summed E-state index contributed by atoms with van der Waals surface area (Å²) in [6.45, 7) is 12.0. The number of hydrogen-bond acceptors (Lipinski definition) is 2. The van der Waals surface area contributed by atoms with Gasteiger partial charge in [0, 0.05) is 36.0 Å². The van der Waals surface area contributed by atoms with Crippen molar-refractivity contribution in [2.45, 2.75) is 84.7 Å². The third-order valence-corrected chi connectivity index (χ3v) is 7.43. The van der Waals surface area contributed by atoms with Gasteiger partial charge in [0.25, 0.3) is 0 Å². The summed E-state index contributed by atoms with van der Waals surface area (Å²) >= 11 is 0. The third-order valence-electron chi connectivity index (χ3n) is 7.43. The largest absolute Gasteiger partial charge is 0.358 e. The van der Waals surface area contributed by atoms with Gasteiger partial charge < -0.3 is 9.80 Å². The third kappa shape index (κ3) is 2.44. The zero-order valence-electron chi connectivity index (χ0n) is 17.1. The Kier molecular flexibility index (Phi) is 4.92. The highest BCUT2D eigenvalue weighted by molar-refractivity contribution is 5.66. The normalized spacial score (nSPS) is 26.7. The maximum atomic E-state index is 2.56. The van der Waals surface area contributed by atoms with Crippen molar-refractivity contribution < 1.29 is 0 Å². The molecule has 0 fully saturated rings. The molecule has 0 radical (unpaired) electrons. The van der Waals surface area contributed by atoms with E-state index >= 15 is 0 Å². The summed E-state index contributed by atoms with van der Waals surface area (Å²) in [4.78, 5) is 5.01. The summed E-state index contributed by atoms with van der Waals surface area (Å²) < 4.78 is 0. The number of hydrogen-bond donors (Lipinski definition) is 0. The topological polar surface area (TPSA) is 6.48 Å². The molecule has 1 aromatic rings. The Bertz CT molecular complexity index is 643. The number of aryl methyl sites for hydroxylation is 1. The summed E-state index contributed by atoms with van der Waals surface area (Å²) in [6, 6.07) is 7.32. The van der Waals surface area contributed by atoms with Gasteiger partial charge in [-0.3, -0.25) is 0 Å². The first kappa shape index (κ1) is 18.4. The van der Waals surface area contributed by atoms with Crippen LogP contribution < -0.4 is 4.90 Å². The van der Waals surface area contributed by atoms with Crippen molar-refractivity contribution >= 4 is 5.69 Å². The first-order valence-electron chi connectivity index (χ1n) is 10.3. The minimum Gasteiger partial charge on any atom is -0.358 e. The van der Waals surface area contributed by atoms with Crippen LogP contribution in [0.3, 0.4) is 0 Å². The number of nitrogens with zero attached hydrogens (tertiary/aromatic N) is 2. The smallest absolute Gasteiger partial charge is 0.112 e. The molecule has 0 saturated carbocycles. The molecule has 3 rings (SSSR count). The first-order chi connectivity index (χ1) is 12.0. The van der Waals surface area contributed by atoms with Crippen LogP contribution in [0.2, 0.25) is 0 Å². The highest BCUT2D eigenvalue weighted by Crippen LogP contribution is 2.60. The molecule has 2 unspecified atom stereocenters. The van der Waals surface area contributed by atoms with Crippen LogP contribution in [0, 0.1) is 5.41 Å². The van der Waals surface area contributed by atoms with Crippen molar-refractivity contribution in [3.05, 3.63) is 41.7 Å². The van der Waals surface area contributed by atoms with Crippen LogP contribution in [0.4, 0.5) is 5.69 Å². The molecule has 2 nitrogen and oxygen atoms in total. The molecule has 0 aromatic heterocycles. The van der Waals surface area contributed by atoms with E-state index in [-0.39, 0.29) is 10.8 Å². The lowest BCUT2D eigenvalue weighted by Gasteiger charge is -2.60. The molecule has 2 atom stereocenters. The fraction of sp³-hybridized carbons (Fsp3) is 0.652. The molecule has 2 aliphatic rings. The Morgan fingerprint density at radius 2 is 1.72 bits per heavy atom. The standard InChI is InChI=1S/C23H36N2/c1-7-11-12-18-13-14-19-20(17-18)25-16-15-24(6)21(25)23(9-3,10-4)22(19,5)8-2/h13-17,21H,7-12H2,1-6H3. The SMILES string of the molecule is CCCCc1ccc2c(c1)N1C=CN(C)C1C(CC)(CC)C2(C)CC. The second-order valence-electron chi connectivity index (χ2n) is 8.25. The van der Waals surface area contributed by atoms with Gasteiger partial charge >= 0.3 is 0 Å². The van der Waals surface area contributed by atoms with E-state index in [4.69, 9.17) is 0 Å². The lowest BCUT2D eigenvalue weighted by Crippen LogP contribution is -2.62. The molecule has 25 heavy (non-hydrogen) atoms. The van der Waals surface area contributed by atoms with Crippen LogP contribution in [0.25, 0.3) is 0 Å². The Morgan fingerprint density at radius 3 is 2.32 bits per heavy atom. The molecule has 2 heteroatoms. The average molecular weight is 341 g/mol. The number of unbranched alkanes of at least 4 members (excludes halogenated alkanes) is 1. The Morgan fingerprint density at radius 1 is 1.00 bits per heavy atom. The molecule has 2 aliphatic heterocycles. The highest BCUT2D eigenvalue weighted by Gasteiger charge is 2.58. The molecule has 0 aliphatic carbocycles. The van der Waals surface area contributed by atoms with E-state index in [1.165, 1.54) is 49.8 Å². The van der Waals surface area contributed by atoms with Gasteiger partial charge in [-0.2, -0.15) is 0 Å².